The molecule has 2 N–H and O–H groups in total. The lowest BCUT2D eigenvalue weighted by Crippen LogP contribution is -2.44. The van der Waals surface area contributed by atoms with Crippen molar-refractivity contribution in [2.45, 2.75) is 98.4 Å². The molecule has 33 heavy (non-hydrogen) atoms. The highest BCUT2D eigenvalue weighted by Crippen LogP contribution is 2.40. The first kappa shape index (κ1) is 25.9. The van der Waals surface area contributed by atoms with Crippen LogP contribution in [0, 0.1) is 0 Å². The maximum Gasteiger partial charge on any atom is 0.387 e. The number of fused-ring (bicyclic) bond motifs is 3. The number of benzene rings is 2. The summed E-state index contributed by atoms with van der Waals surface area (Å²) in [4.78, 5) is 0. The largest absolute Gasteiger partial charge is 0.399 e. The van der Waals surface area contributed by atoms with Gasteiger partial charge in [0.25, 0.3) is 0 Å². The Balaban J connectivity index is 2.44. The SMILES string of the molecule is CCc1cc(C(C)C)c2op(OCC(N)(CC)CC)oc3c(CC)cc(C(C)C)cc3c2c1. The van der Waals surface area contributed by atoms with Crippen molar-refractivity contribution >= 4 is 30.2 Å². The molecule has 1 aromatic heterocycles. The van der Waals surface area contributed by atoms with Crippen molar-refractivity contribution in [2.75, 3.05) is 6.61 Å². The Morgan fingerprint density at radius 3 is 2.03 bits per heavy atom. The van der Waals surface area contributed by atoms with Gasteiger partial charge in [0.15, 0.2) is 0 Å². The molecule has 0 saturated heterocycles. The predicted molar refractivity (Wildman–Crippen MR) is 142 cm³/mol. The van der Waals surface area contributed by atoms with Crippen molar-refractivity contribution in [3.05, 3.63) is 46.5 Å². The van der Waals surface area contributed by atoms with Gasteiger partial charge in [0.1, 0.15) is 11.2 Å². The molecule has 0 amide bonds. The summed E-state index contributed by atoms with van der Waals surface area (Å²) < 4.78 is 19.4. The molecule has 0 aliphatic rings. The summed E-state index contributed by atoms with van der Waals surface area (Å²) >= 11 is 0. The maximum absolute atomic E-state index is 6.58. The Morgan fingerprint density at radius 1 is 0.848 bits per heavy atom. The van der Waals surface area contributed by atoms with Crippen molar-refractivity contribution in [1.82, 2.24) is 0 Å². The van der Waals surface area contributed by atoms with Crippen LogP contribution in [-0.2, 0) is 12.8 Å². The Bertz CT molecular complexity index is 1140. The molecule has 0 aliphatic carbocycles. The quantitative estimate of drug-likeness (QED) is 0.339. The van der Waals surface area contributed by atoms with Gasteiger partial charge in [0, 0.05) is 16.3 Å². The molecule has 0 saturated carbocycles. The number of hydrogen-bond donors (Lipinski definition) is 1. The van der Waals surface area contributed by atoms with Gasteiger partial charge in [-0.1, -0.05) is 67.5 Å². The first-order valence-corrected chi connectivity index (χ1v) is 13.7. The van der Waals surface area contributed by atoms with Crippen molar-refractivity contribution in [3.8, 4) is 0 Å². The van der Waals surface area contributed by atoms with Crippen LogP contribution in [0.1, 0.15) is 102 Å². The molecule has 0 bridgehead atoms. The van der Waals surface area contributed by atoms with E-state index in [1.807, 2.05) is 0 Å². The summed E-state index contributed by atoms with van der Waals surface area (Å²) in [5.74, 6) is 0.749. The highest BCUT2D eigenvalue weighted by molar-refractivity contribution is 7.31. The van der Waals surface area contributed by atoms with E-state index in [1.165, 1.54) is 22.3 Å². The Kier molecular flexibility index (Phi) is 8.37. The monoisotopic (exact) mass is 471 g/mol. The molecule has 182 valence electrons. The van der Waals surface area contributed by atoms with Gasteiger partial charge in [0.2, 0.25) is 0 Å². The third-order valence-electron chi connectivity index (χ3n) is 6.93. The van der Waals surface area contributed by atoms with Crippen LogP contribution in [0.15, 0.2) is 32.7 Å². The third kappa shape index (κ3) is 5.50. The first-order valence-electron chi connectivity index (χ1n) is 12.6. The Labute approximate surface area is 200 Å². The number of nitrogens with two attached hydrogens (primary N) is 1. The lowest BCUT2D eigenvalue weighted by atomic mass is 9.92. The normalized spacial score (nSPS) is 13.0. The van der Waals surface area contributed by atoms with Gasteiger partial charge in [0.05, 0.1) is 6.61 Å². The first-order chi connectivity index (χ1) is 15.7. The van der Waals surface area contributed by atoms with E-state index in [2.05, 4.69) is 79.7 Å². The van der Waals surface area contributed by atoms with E-state index in [-0.39, 0.29) is 5.54 Å². The summed E-state index contributed by atoms with van der Waals surface area (Å²) in [5.41, 5.74) is 13.0. The van der Waals surface area contributed by atoms with E-state index >= 15 is 0 Å². The van der Waals surface area contributed by atoms with Crippen LogP contribution in [-0.4, -0.2) is 12.1 Å². The Hall–Kier alpha value is -1.74. The lowest BCUT2D eigenvalue weighted by molar-refractivity contribution is 0.245. The van der Waals surface area contributed by atoms with Crippen molar-refractivity contribution in [1.29, 1.82) is 0 Å². The lowest BCUT2D eigenvalue weighted by Gasteiger charge is -2.24. The molecule has 1 atom stereocenters. The fourth-order valence-electron chi connectivity index (χ4n) is 4.12. The summed E-state index contributed by atoms with van der Waals surface area (Å²) in [6, 6.07) is 9.12. The molecule has 0 aliphatic heterocycles. The minimum atomic E-state index is -1.63. The van der Waals surface area contributed by atoms with Gasteiger partial charge in [-0.3, -0.25) is 4.52 Å². The smallest absolute Gasteiger partial charge is 0.387 e. The molecule has 0 spiro atoms. The van der Waals surface area contributed by atoms with E-state index in [4.69, 9.17) is 18.7 Å². The Morgan fingerprint density at radius 2 is 1.48 bits per heavy atom. The molecule has 2 aromatic carbocycles. The second-order valence-electron chi connectivity index (χ2n) is 9.88. The zero-order valence-corrected chi connectivity index (χ0v) is 22.6. The van der Waals surface area contributed by atoms with Gasteiger partial charge in [-0.2, -0.15) is 0 Å². The topological polar surface area (TPSA) is 61.5 Å². The molecule has 0 radical (unpaired) electrons. The molecule has 3 aromatic rings. The summed E-state index contributed by atoms with van der Waals surface area (Å²) in [5, 5.41) is 2.23. The molecular formula is C28H42NO3P. The standard InChI is InChI=1S/C28H42NO3P/c1-9-20-13-23(19(7)8)27-24(14-20)25-16-22(18(5)6)15-21(10-2)26(25)31-33(32-27)30-17-28(29,11-3)12-4/h13-16,18-19H,9-12,17,29H2,1-8H3. The number of rotatable bonds is 9. The molecule has 4 nitrogen and oxygen atoms in total. The second-order valence-corrected chi connectivity index (χ2v) is 11.0. The second kappa shape index (κ2) is 10.7. The minimum absolute atomic E-state index is 0.322. The van der Waals surface area contributed by atoms with Crippen molar-refractivity contribution < 1.29 is 12.9 Å². The van der Waals surface area contributed by atoms with Crippen LogP contribution < -0.4 is 10.3 Å². The number of hydrogen-bond acceptors (Lipinski definition) is 4. The van der Waals surface area contributed by atoms with Crippen LogP contribution in [0.2, 0.25) is 0 Å². The van der Waals surface area contributed by atoms with E-state index in [1.54, 1.807) is 0 Å². The van der Waals surface area contributed by atoms with Gasteiger partial charge in [-0.05, 0) is 71.9 Å². The molecule has 3 rings (SSSR count). The van der Waals surface area contributed by atoms with Gasteiger partial charge in [-0.15, -0.1) is 0 Å². The predicted octanol–water partition coefficient (Wildman–Crippen LogP) is 8.61. The van der Waals surface area contributed by atoms with Gasteiger partial charge >= 0.3 is 8.24 Å². The van der Waals surface area contributed by atoms with E-state index in [9.17, 15) is 0 Å². The van der Waals surface area contributed by atoms with Crippen LogP contribution in [0.4, 0.5) is 0 Å². The zero-order chi connectivity index (χ0) is 24.3. The van der Waals surface area contributed by atoms with E-state index < -0.39 is 8.24 Å². The summed E-state index contributed by atoms with van der Waals surface area (Å²) in [7, 11) is -1.63. The minimum Gasteiger partial charge on any atom is -0.399 e. The van der Waals surface area contributed by atoms with E-state index in [0.717, 1.165) is 47.6 Å². The van der Waals surface area contributed by atoms with Gasteiger partial charge < -0.3 is 14.1 Å². The number of aryl methyl sites for hydroxylation is 2. The fraction of sp³-hybridized carbons (Fsp3) is 0.571. The molecule has 1 heterocycles. The molecule has 1 unspecified atom stereocenters. The average Bonchev–Trinajstić information content (AvgIpc) is 2.97. The van der Waals surface area contributed by atoms with Crippen molar-refractivity contribution in [2.24, 2.45) is 5.73 Å². The highest BCUT2D eigenvalue weighted by atomic mass is 31.1. The molecule has 5 heteroatoms. The van der Waals surface area contributed by atoms with Crippen molar-refractivity contribution in [3.63, 3.8) is 0 Å². The van der Waals surface area contributed by atoms with Crippen LogP contribution in [0.5, 0.6) is 0 Å². The average molecular weight is 472 g/mol. The fourth-order valence-corrected chi connectivity index (χ4v) is 5.34. The van der Waals surface area contributed by atoms with Crippen LogP contribution in [0.25, 0.3) is 21.9 Å². The summed E-state index contributed by atoms with van der Waals surface area (Å²) in [6.45, 7) is 17.9. The van der Waals surface area contributed by atoms with Crippen LogP contribution >= 0.6 is 8.24 Å². The molecule has 0 fully saturated rings. The van der Waals surface area contributed by atoms with Gasteiger partial charge in [-0.25, -0.2) is 0 Å². The van der Waals surface area contributed by atoms with E-state index in [0.29, 0.717) is 18.4 Å². The summed E-state index contributed by atoms with van der Waals surface area (Å²) in [6.07, 6.45) is 3.54. The highest BCUT2D eigenvalue weighted by Gasteiger charge is 2.23. The van der Waals surface area contributed by atoms with Crippen LogP contribution in [0.3, 0.4) is 0 Å². The third-order valence-corrected chi connectivity index (χ3v) is 7.93. The zero-order valence-electron chi connectivity index (χ0n) is 21.7. The maximum atomic E-state index is 6.58. The molecular weight excluding hydrogens is 429 g/mol.